The summed E-state index contributed by atoms with van der Waals surface area (Å²) < 4.78 is 16.2. The average Bonchev–Trinajstić information content (AvgIpc) is 2.63. The first-order valence-electron chi connectivity index (χ1n) is 8.51. The van der Waals surface area contributed by atoms with Gasteiger partial charge in [-0.15, -0.1) is 0 Å². The van der Waals surface area contributed by atoms with Crippen LogP contribution in [0.2, 0.25) is 0 Å². The summed E-state index contributed by atoms with van der Waals surface area (Å²) in [6, 6.07) is 10.9. The molecule has 6 nitrogen and oxygen atoms in total. The first-order chi connectivity index (χ1) is 12.4. The zero-order chi connectivity index (χ0) is 19.0. The first-order valence-corrected chi connectivity index (χ1v) is 8.51. The van der Waals surface area contributed by atoms with Crippen molar-refractivity contribution < 1.29 is 19.0 Å². The Balaban J connectivity index is 1.78. The van der Waals surface area contributed by atoms with E-state index in [-0.39, 0.29) is 11.5 Å². The van der Waals surface area contributed by atoms with Crippen LogP contribution in [-0.2, 0) is 11.3 Å². The van der Waals surface area contributed by atoms with Crippen molar-refractivity contribution in [2.75, 3.05) is 20.3 Å². The number of amides is 1. The van der Waals surface area contributed by atoms with Gasteiger partial charge in [-0.3, -0.25) is 4.79 Å². The Bertz CT molecular complexity index is 691. The molecule has 1 N–H and O–H groups in total. The molecular formula is C20H26N2O4. The fourth-order valence-electron chi connectivity index (χ4n) is 2.12. The predicted molar refractivity (Wildman–Crippen MR) is 99.6 cm³/mol. The number of hydrogen-bond acceptors (Lipinski definition) is 5. The number of carbonyl (C=O) groups is 1. The number of ether oxygens (including phenoxy) is 3. The maximum absolute atomic E-state index is 12.2. The van der Waals surface area contributed by atoms with Gasteiger partial charge in [0.25, 0.3) is 5.91 Å². The van der Waals surface area contributed by atoms with E-state index in [0.717, 1.165) is 11.3 Å². The summed E-state index contributed by atoms with van der Waals surface area (Å²) in [5, 5.41) is 2.86. The zero-order valence-electron chi connectivity index (χ0n) is 15.7. The van der Waals surface area contributed by atoms with Crippen LogP contribution in [0.5, 0.6) is 11.6 Å². The highest BCUT2D eigenvalue weighted by molar-refractivity contribution is 5.93. The SMILES string of the molecule is COc1ccc(CNC(=O)c2ccc(OCCOC(C)(C)C)nc2)cc1. The molecule has 140 valence electrons. The van der Waals surface area contributed by atoms with E-state index < -0.39 is 0 Å². The summed E-state index contributed by atoms with van der Waals surface area (Å²) in [6.07, 6.45) is 1.50. The molecule has 0 spiro atoms. The number of carbonyl (C=O) groups excluding carboxylic acids is 1. The number of methoxy groups -OCH3 is 1. The lowest BCUT2D eigenvalue weighted by Crippen LogP contribution is -2.23. The normalized spacial score (nSPS) is 11.1. The first kappa shape index (κ1) is 19.7. The van der Waals surface area contributed by atoms with E-state index in [1.165, 1.54) is 6.20 Å². The standard InChI is InChI=1S/C20H26N2O4/c1-20(2,3)26-12-11-25-18-10-7-16(14-21-18)19(23)22-13-15-5-8-17(24-4)9-6-15/h5-10,14H,11-13H2,1-4H3,(H,22,23). The Hall–Kier alpha value is -2.60. The molecule has 0 atom stereocenters. The van der Waals surface area contributed by atoms with E-state index in [9.17, 15) is 4.79 Å². The van der Waals surface area contributed by atoms with Crippen molar-refractivity contribution in [3.63, 3.8) is 0 Å². The summed E-state index contributed by atoms with van der Waals surface area (Å²) >= 11 is 0. The maximum Gasteiger partial charge on any atom is 0.253 e. The average molecular weight is 358 g/mol. The van der Waals surface area contributed by atoms with Gasteiger partial charge >= 0.3 is 0 Å². The van der Waals surface area contributed by atoms with Gasteiger partial charge in [0.15, 0.2) is 0 Å². The Morgan fingerprint density at radius 1 is 1.08 bits per heavy atom. The number of aromatic nitrogens is 1. The molecule has 0 aliphatic heterocycles. The van der Waals surface area contributed by atoms with Gasteiger partial charge in [0.05, 0.1) is 24.9 Å². The predicted octanol–water partition coefficient (Wildman–Crippen LogP) is 3.21. The third kappa shape index (κ3) is 6.72. The molecule has 6 heteroatoms. The molecule has 0 fully saturated rings. The molecule has 2 aromatic rings. The monoisotopic (exact) mass is 358 g/mol. The van der Waals surface area contributed by atoms with Gasteiger partial charge in [-0.25, -0.2) is 4.98 Å². The molecule has 0 bridgehead atoms. The summed E-state index contributed by atoms with van der Waals surface area (Å²) in [4.78, 5) is 16.3. The number of nitrogens with one attached hydrogen (secondary N) is 1. The number of pyridine rings is 1. The maximum atomic E-state index is 12.2. The molecular weight excluding hydrogens is 332 g/mol. The van der Waals surface area contributed by atoms with Gasteiger partial charge in [0.1, 0.15) is 12.4 Å². The Morgan fingerprint density at radius 2 is 1.81 bits per heavy atom. The highest BCUT2D eigenvalue weighted by atomic mass is 16.5. The molecule has 0 radical (unpaired) electrons. The van der Waals surface area contributed by atoms with Crippen LogP contribution in [0, 0.1) is 0 Å². The van der Waals surface area contributed by atoms with Crippen molar-refractivity contribution in [2.24, 2.45) is 0 Å². The Morgan fingerprint density at radius 3 is 2.38 bits per heavy atom. The molecule has 1 aromatic carbocycles. The van der Waals surface area contributed by atoms with Crippen LogP contribution >= 0.6 is 0 Å². The summed E-state index contributed by atoms with van der Waals surface area (Å²) in [7, 11) is 1.62. The number of hydrogen-bond donors (Lipinski definition) is 1. The van der Waals surface area contributed by atoms with Gasteiger partial charge in [-0.1, -0.05) is 12.1 Å². The van der Waals surface area contributed by atoms with Gasteiger partial charge in [-0.2, -0.15) is 0 Å². The van der Waals surface area contributed by atoms with E-state index in [0.29, 0.717) is 31.2 Å². The molecule has 0 unspecified atom stereocenters. The molecule has 26 heavy (non-hydrogen) atoms. The van der Waals surface area contributed by atoms with Crippen molar-refractivity contribution in [3.05, 3.63) is 53.7 Å². The lowest BCUT2D eigenvalue weighted by molar-refractivity contribution is -0.0168. The quantitative estimate of drug-likeness (QED) is 0.734. The fraction of sp³-hybridized carbons (Fsp3) is 0.400. The molecule has 0 saturated heterocycles. The van der Waals surface area contributed by atoms with Crippen molar-refractivity contribution in [3.8, 4) is 11.6 Å². The minimum Gasteiger partial charge on any atom is -0.497 e. The minimum absolute atomic E-state index is 0.184. The summed E-state index contributed by atoms with van der Waals surface area (Å²) in [5.41, 5.74) is 1.28. The Kier molecular flexibility index (Phi) is 6.97. The lowest BCUT2D eigenvalue weighted by Gasteiger charge is -2.19. The van der Waals surface area contributed by atoms with Crippen LogP contribution in [0.25, 0.3) is 0 Å². The number of benzene rings is 1. The largest absolute Gasteiger partial charge is 0.497 e. The Labute approximate surface area is 154 Å². The summed E-state index contributed by atoms with van der Waals surface area (Å²) in [5.74, 6) is 1.07. The molecule has 2 rings (SSSR count). The second kappa shape index (κ2) is 9.20. The molecule has 0 aliphatic rings. The summed E-state index contributed by atoms with van der Waals surface area (Å²) in [6.45, 7) is 7.30. The molecule has 0 aliphatic carbocycles. The minimum atomic E-state index is -0.192. The van der Waals surface area contributed by atoms with Gasteiger partial charge < -0.3 is 19.5 Å². The van der Waals surface area contributed by atoms with Crippen molar-refractivity contribution in [2.45, 2.75) is 32.9 Å². The lowest BCUT2D eigenvalue weighted by atomic mass is 10.2. The van der Waals surface area contributed by atoms with Gasteiger partial charge in [0.2, 0.25) is 5.88 Å². The van der Waals surface area contributed by atoms with Crippen molar-refractivity contribution in [1.82, 2.24) is 10.3 Å². The van der Waals surface area contributed by atoms with Gasteiger partial charge in [-0.05, 0) is 44.5 Å². The van der Waals surface area contributed by atoms with Crippen molar-refractivity contribution >= 4 is 5.91 Å². The third-order valence-electron chi connectivity index (χ3n) is 3.48. The molecule has 0 saturated carbocycles. The van der Waals surface area contributed by atoms with Crippen LogP contribution in [0.4, 0.5) is 0 Å². The highest BCUT2D eigenvalue weighted by Gasteiger charge is 2.10. The molecule has 1 heterocycles. The van der Waals surface area contributed by atoms with Crippen LogP contribution in [0.1, 0.15) is 36.7 Å². The second-order valence-corrected chi connectivity index (χ2v) is 6.73. The number of nitrogens with zero attached hydrogens (tertiary/aromatic N) is 1. The van der Waals surface area contributed by atoms with E-state index in [4.69, 9.17) is 14.2 Å². The highest BCUT2D eigenvalue weighted by Crippen LogP contribution is 2.12. The van der Waals surface area contributed by atoms with Gasteiger partial charge in [0, 0.05) is 18.8 Å². The second-order valence-electron chi connectivity index (χ2n) is 6.73. The van der Waals surface area contributed by atoms with E-state index in [1.807, 2.05) is 45.0 Å². The van der Waals surface area contributed by atoms with E-state index >= 15 is 0 Å². The van der Waals surface area contributed by atoms with Crippen LogP contribution < -0.4 is 14.8 Å². The zero-order valence-corrected chi connectivity index (χ0v) is 15.7. The van der Waals surface area contributed by atoms with Crippen LogP contribution in [0.3, 0.4) is 0 Å². The fourth-order valence-corrected chi connectivity index (χ4v) is 2.12. The topological polar surface area (TPSA) is 69.7 Å². The number of rotatable bonds is 8. The van der Waals surface area contributed by atoms with Crippen LogP contribution in [-0.4, -0.2) is 36.8 Å². The van der Waals surface area contributed by atoms with E-state index in [2.05, 4.69) is 10.3 Å². The van der Waals surface area contributed by atoms with Crippen LogP contribution in [0.15, 0.2) is 42.6 Å². The third-order valence-corrected chi connectivity index (χ3v) is 3.48. The van der Waals surface area contributed by atoms with Crippen molar-refractivity contribution in [1.29, 1.82) is 0 Å². The van der Waals surface area contributed by atoms with E-state index in [1.54, 1.807) is 19.2 Å². The smallest absolute Gasteiger partial charge is 0.253 e. The molecule has 1 amide bonds. The molecule has 1 aromatic heterocycles.